The number of halogens is 2. The van der Waals surface area contributed by atoms with Crippen LogP contribution >= 0.6 is 34.5 Å². The van der Waals surface area contributed by atoms with Gasteiger partial charge in [0.05, 0.1) is 10.0 Å². The quantitative estimate of drug-likeness (QED) is 0.820. The van der Waals surface area contributed by atoms with Gasteiger partial charge in [0.1, 0.15) is 5.75 Å². The highest BCUT2D eigenvalue weighted by Gasteiger charge is 2.31. The number of ether oxygens (including phenoxy) is 1. The second-order valence-electron chi connectivity index (χ2n) is 5.19. The summed E-state index contributed by atoms with van der Waals surface area (Å²) in [7, 11) is 0. The maximum Gasteiger partial charge on any atom is 0.267 e. The van der Waals surface area contributed by atoms with Crippen molar-refractivity contribution in [1.29, 1.82) is 0 Å². The molecule has 1 aliphatic rings. The fourth-order valence-electron chi connectivity index (χ4n) is 2.05. The molecule has 0 radical (unpaired) electrons. The number of amides is 1. The van der Waals surface area contributed by atoms with Gasteiger partial charge in [-0.3, -0.25) is 10.1 Å². The molecular weight excluding hydrogens is 343 g/mol. The molecule has 0 saturated heterocycles. The van der Waals surface area contributed by atoms with Gasteiger partial charge < -0.3 is 4.74 Å². The molecule has 0 aliphatic heterocycles. The number of nitrogens with one attached hydrogen (secondary N) is 1. The van der Waals surface area contributed by atoms with Crippen LogP contribution in [0.3, 0.4) is 0 Å². The van der Waals surface area contributed by atoms with E-state index in [1.165, 1.54) is 11.3 Å². The highest BCUT2D eigenvalue weighted by molar-refractivity contribution is 7.13. The molecule has 1 fully saturated rings. The third kappa shape index (κ3) is 4.12. The van der Waals surface area contributed by atoms with Crippen LogP contribution < -0.4 is 10.1 Å². The van der Waals surface area contributed by atoms with Crippen molar-refractivity contribution in [2.75, 3.05) is 5.32 Å². The van der Waals surface area contributed by atoms with E-state index in [1.807, 2.05) is 5.38 Å². The molecule has 7 heteroatoms. The summed E-state index contributed by atoms with van der Waals surface area (Å²) < 4.78 is 5.83. The van der Waals surface area contributed by atoms with Crippen molar-refractivity contribution in [2.45, 2.75) is 25.4 Å². The third-order valence-electron chi connectivity index (χ3n) is 3.37. The minimum atomic E-state index is -0.561. The van der Waals surface area contributed by atoms with Crippen molar-refractivity contribution in [3.63, 3.8) is 0 Å². The first kappa shape index (κ1) is 15.6. The first-order chi connectivity index (χ1) is 10.6. The Morgan fingerprint density at radius 2 is 2.23 bits per heavy atom. The zero-order chi connectivity index (χ0) is 15.5. The summed E-state index contributed by atoms with van der Waals surface area (Å²) in [5, 5.41) is 6.03. The van der Waals surface area contributed by atoms with Gasteiger partial charge in [0.2, 0.25) is 0 Å². The standard InChI is InChI=1S/C15H14Cl2N2O2S/c16-11-4-3-10(8-12(11)17)21-13(7-9-1-2-9)14(20)19-15-18-5-6-22-15/h3-6,8-9,13H,1-2,7H2,(H,18,19,20). The van der Waals surface area contributed by atoms with Crippen LogP contribution in [-0.2, 0) is 4.79 Å². The molecule has 3 rings (SSSR count). The molecule has 1 atom stereocenters. The Morgan fingerprint density at radius 1 is 1.41 bits per heavy atom. The molecule has 2 aromatic rings. The summed E-state index contributed by atoms with van der Waals surface area (Å²) in [4.78, 5) is 16.5. The van der Waals surface area contributed by atoms with Gasteiger partial charge in [-0.1, -0.05) is 36.0 Å². The topological polar surface area (TPSA) is 51.2 Å². The van der Waals surface area contributed by atoms with Crippen molar-refractivity contribution in [3.8, 4) is 5.75 Å². The average molecular weight is 357 g/mol. The molecule has 1 saturated carbocycles. The van der Waals surface area contributed by atoms with E-state index in [0.717, 1.165) is 12.8 Å². The lowest BCUT2D eigenvalue weighted by Crippen LogP contribution is -2.33. The van der Waals surface area contributed by atoms with Crippen LogP contribution in [0.5, 0.6) is 5.75 Å². The molecule has 1 aliphatic carbocycles. The number of anilines is 1. The number of rotatable bonds is 6. The zero-order valence-corrected chi connectivity index (χ0v) is 13.9. The number of nitrogens with zero attached hydrogens (tertiary/aromatic N) is 1. The first-order valence-electron chi connectivity index (χ1n) is 6.94. The summed E-state index contributed by atoms with van der Waals surface area (Å²) >= 11 is 13.3. The number of carbonyl (C=O) groups excluding carboxylic acids is 1. The molecule has 116 valence electrons. The van der Waals surface area contributed by atoms with Gasteiger partial charge in [0.25, 0.3) is 5.91 Å². The van der Waals surface area contributed by atoms with Gasteiger partial charge in [-0.15, -0.1) is 11.3 Å². The van der Waals surface area contributed by atoms with Crippen LogP contribution in [0.15, 0.2) is 29.8 Å². The van der Waals surface area contributed by atoms with Crippen LogP contribution in [0.1, 0.15) is 19.3 Å². The van der Waals surface area contributed by atoms with E-state index >= 15 is 0 Å². The highest BCUT2D eigenvalue weighted by atomic mass is 35.5. The van der Waals surface area contributed by atoms with Gasteiger partial charge in [-0.2, -0.15) is 0 Å². The van der Waals surface area contributed by atoms with Crippen molar-refractivity contribution in [1.82, 2.24) is 4.98 Å². The molecule has 1 N–H and O–H groups in total. The second-order valence-corrected chi connectivity index (χ2v) is 6.90. The predicted molar refractivity (Wildman–Crippen MR) is 89.0 cm³/mol. The molecule has 4 nitrogen and oxygen atoms in total. The lowest BCUT2D eigenvalue weighted by atomic mass is 10.1. The summed E-state index contributed by atoms with van der Waals surface area (Å²) in [5.74, 6) is 0.900. The van der Waals surface area contributed by atoms with E-state index in [4.69, 9.17) is 27.9 Å². The van der Waals surface area contributed by atoms with Crippen LogP contribution in [0.2, 0.25) is 10.0 Å². The monoisotopic (exact) mass is 356 g/mol. The smallest absolute Gasteiger partial charge is 0.267 e. The SMILES string of the molecule is O=C(Nc1nccs1)C(CC1CC1)Oc1ccc(Cl)c(Cl)c1. The highest BCUT2D eigenvalue weighted by Crippen LogP contribution is 2.35. The number of hydrogen-bond acceptors (Lipinski definition) is 4. The Bertz CT molecular complexity index is 660. The lowest BCUT2D eigenvalue weighted by Gasteiger charge is -2.18. The van der Waals surface area contributed by atoms with Gasteiger partial charge >= 0.3 is 0 Å². The van der Waals surface area contributed by atoms with Gasteiger partial charge in [0, 0.05) is 17.6 Å². The maximum atomic E-state index is 12.4. The Kier molecular flexibility index (Phi) is 4.86. The van der Waals surface area contributed by atoms with Crippen molar-refractivity contribution < 1.29 is 9.53 Å². The van der Waals surface area contributed by atoms with E-state index in [1.54, 1.807) is 24.4 Å². The number of thiazole rings is 1. The van der Waals surface area contributed by atoms with Crippen molar-refractivity contribution in [2.24, 2.45) is 5.92 Å². The number of benzene rings is 1. The van der Waals surface area contributed by atoms with E-state index in [9.17, 15) is 4.79 Å². The van der Waals surface area contributed by atoms with Gasteiger partial charge in [0.15, 0.2) is 11.2 Å². The molecular formula is C15H14Cl2N2O2S. The van der Waals surface area contributed by atoms with E-state index in [2.05, 4.69) is 10.3 Å². The molecule has 1 unspecified atom stereocenters. The third-order valence-corrected chi connectivity index (χ3v) is 4.80. The minimum Gasteiger partial charge on any atom is -0.481 e. The molecule has 22 heavy (non-hydrogen) atoms. The Hall–Kier alpha value is -1.30. The zero-order valence-electron chi connectivity index (χ0n) is 11.6. The maximum absolute atomic E-state index is 12.4. The van der Waals surface area contributed by atoms with Crippen molar-refractivity contribution >= 4 is 45.6 Å². The van der Waals surface area contributed by atoms with E-state index < -0.39 is 6.10 Å². The Morgan fingerprint density at radius 3 is 2.86 bits per heavy atom. The molecule has 1 aromatic carbocycles. The lowest BCUT2D eigenvalue weighted by molar-refractivity contribution is -0.123. The Balaban J connectivity index is 1.70. The predicted octanol–water partition coefficient (Wildman–Crippen LogP) is 4.64. The van der Waals surface area contributed by atoms with Crippen LogP contribution in [0.25, 0.3) is 0 Å². The summed E-state index contributed by atoms with van der Waals surface area (Å²) in [6.07, 6.45) is 4.07. The number of aromatic nitrogens is 1. The molecule has 1 heterocycles. The van der Waals surface area contributed by atoms with E-state index in [-0.39, 0.29) is 5.91 Å². The van der Waals surface area contributed by atoms with Crippen LogP contribution in [0.4, 0.5) is 5.13 Å². The molecule has 1 amide bonds. The first-order valence-corrected chi connectivity index (χ1v) is 8.57. The molecule has 1 aromatic heterocycles. The fourth-order valence-corrected chi connectivity index (χ4v) is 2.87. The second kappa shape index (κ2) is 6.86. The van der Waals surface area contributed by atoms with E-state index in [0.29, 0.717) is 33.3 Å². The number of hydrogen-bond donors (Lipinski definition) is 1. The normalized spacial score (nSPS) is 15.4. The summed E-state index contributed by atoms with van der Waals surface area (Å²) in [6, 6.07) is 5.00. The van der Waals surface area contributed by atoms with Crippen molar-refractivity contribution in [3.05, 3.63) is 39.8 Å². The fraction of sp³-hybridized carbons (Fsp3) is 0.333. The Labute approximate surface area is 142 Å². The largest absolute Gasteiger partial charge is 0.481 e. The average Bonchev–Trinajstić information content (AvgIpc) is 3.16. The molecule has 0 spiro atoms. The minimum absolute atomic E-state index is 0.187. The van der Waals surface area contributed by atoms with Gasteiger partial charge in [-0.05, 0) is 24.5 Å². The molecule has 0 bridgehead atoms. The summed E-state index contributed by atoms with van der Waals surface area (Å²) in [5.41, 5.74) is 0. The van der Waals surface area contributed by atoms with Gasteiger partial charge in [-0.25, -0.2) is 4.98 Å². The summed E-state index contributed by atoms with van der Waals surface area (Å²) in [6.45, 7) is 0. The van der Waals surface area contributed by atoms with Crippen LogP contribution in [0, 0.1) is 5.92 Å². The van der Waals surface area contributed by atoms with Crippen LogP contribution in [-0.4, -0.2) is 17.0 Å². The number of carbonyl (C=O) groups is 1.